The van der Waals surface area contributed by atoms with Crippen LogP contribution in [0.25, 0.3) is 22.4 Å². The Balaban J connectivity index is 1.28. The molecule has 10 heteroatoms. The van der Waals surface area contributed by atoms with Crippen LogP contribution in [-0.4, -0.2) is 62.2 Å². The monoisotopic (exact) mass is 424 g/mol. The SMILES string of the molecule is O=C(CCn1nnc2cc(-c3noc(Cc4cccs4)n3)ccc21)N1CCOCC1. The van der Waals surface area contributed by atoms with Gasteiger partial charge < -0.3 is 14.2 Å². The van der Waals surface area contributed by atoms with Crippen LogP contribution in [0, 0.1) is 0 Å². The van der Waals surface area contributed by atoms with E-state index in [4.69, 9.17) is 9.26 Å². The van der Waals surface area contributed by atoms with Crippen molar-refractivity contribution in [1.29, 1.82) is 0 Å². The fraction of sp³-hybridized carbons (Fsp3) is 0.350. The van der Waals surface area contributed by atoms with E-state index in [1.807, 2.05) is 40.6 Å². The minimum Gasteiger partial charge on any atom is -0.378 e. The van der Waals surface area contributed by atoms with E-state index in [1.165, 1.54) is 4.88 Å². The summed E-state index contributed by atoms with van der Waals surface area (Å²) >= 11 is 1.66. The van der Waals surface area contributed by atoms with Crippen LogP contribution in [0.5, 0.6) is 0 Å². The Bertz CT molecular complexity index is 1150. The van der Waals surface area contributed by atoms with Crippen LogP contribution in [0.4, 0.5) is 0 Å². The number of rotatable bonds is 6. The highest BCUT2D eigenvalue weighted by Crippen LogP contribution is 2.22. The molecule has 5 rings (SSSR count). The zero-order valence-corrected chi connectivity index (χ0v) is 17.0. The van der Waals surface area contributed by atoms with E-state index in [1.54, 1.807) is 16.0 Å². The quantitative estimate of drug-likeness (QED) is 0.468. The molecule has 1 amide bonds. The first-order valence-electron chi connectivity index (χ1n) is 9.80. The van der Waals surface area contributed by atoms with Gasteiger partial charge in [-0.25, -0.2) is 4.68 Å². The van der Waals surface area contributed by atoms with E-state index >= 15 is 0 Å². The fourth-order valence-corrected chi connectivity index (χ4v) is 4.15. The predicted molar refractivity (Wildman–Crippen MR) is 110 cm³/mol. The maximum atomic E-state index is 12.4. The van der Waals surface area contributed by atoms with Gasteiger partial charge in [-0.1, -0.05) is 16.4 Å². The Morgan fingerprint density at radius 3 is 2.93 bits per heavy atom. The number of benzene rings is 1. The van der Waals surface area contributed by atoms with Gasteiger partial charge >= 0.3 is 0 Å². The molecule has 0 radical (unpaired) electrons. The first kappa shape index (κ1) is 18.9. The van der Waals surface area contributed by atoms with Crippen molar-refractivity contribution in [3.8, 4) is 11.4 Å². The lowest BCUT2D eigenvalue weighted by molar-refractivity contribution is -0.135. The summed E-state index contributed by atoms with van der Waals surface area (Å²) in [6.45, 7) is 3.00. The third-order valence-corrected chi connectivity index (χ3v) is 5.92. The predicted octanol–water partition coefficient (Wildman–Crippen LogP) is 2.38. The van der Waals surface area contributed by atoms with Gasteiger partial charge in [0.15, 0.2) is 0 Å². The van der Waals surface area contributed by atoms with Crippen LogP contribution in [0.3, 0.4) is 0 Å². The second-order valence-corrected chi connectivity index (χ2v) is 8.06. The van der Waals surface area contributed by atoms with Crippen LogP contribution >= 0.6 is 11.3 Å². The smallest absolute Gasteiger partial charge is 0.232 e. The number of aromatic nitrogens is 5. The summed E-state index contributed by atoms with van der Waals surface area (Å²) in [6, 6.07) is 9.79. The van der Waals surface area contributed by atoms with Gasteiger partial charge in [0.05, 0.1) is 31.7 Å². The number of morpholine rings is 1. The van der Waals surface area contributed by atoms with Gasteiger partial charge in [0, 0.05) is 30.0 Å². The largest absolute Gasteiger partial charge is 0.378 e. The van der Waals surface area contributed by atoms with Gasteiger partial charge in [-0.3, -0.25) is 4.79 Å². The van der Waals surface area contributed by atoms with Crippen LogP contribution in [0.1, 0.15) is 17.2 Å². The molecule has 1 saturated heterocycles. The van der Waals surface area contributed by atoms with Crippen molar-refractivity contribution in [2.75, 3.05) is 26.3 Å². The van der Waals surface area contributed by atoms with Crippen molar-refractivity contribution in [1.82, 2.24) is 30.0 Å². The van der Waals surface area contributed by atoms with Crippen molar-refractivity contribution in [3.05, 3.63) is 46.5 Å². The lowest BCUT2D eigenvalue weighted by atomic mass is 10.2. The van der Waals surface area contributed by atoms with Gasteiger partial charge in [-0.05, 0) is 29.6 Å². The van der Waals surface area contributed by atoms with Gasteiger partial charge in [-0.15, -0.1) is 16.4 Å². The molecular weight excluding hydrogens is 404 g/mol. The number of nitrogens with zero attached hydrogens (tertiary/aromatic N) is 6. The Labute approximate surface area is 176 Å². The number of ether oxygens (including phenoxy) is 1. The molecule has 154 valence electrons. The number of hydrogen-bond donors (Lipinski definition) is 0. The molecule has 0 saturated carbocycles. The fourth-order valence-electron chi connectivity index (χ4n) is 3.45. The molecule has 1 aliphatic rings. The molecule has 9 nitrogen and oxygen atoms in total. The molecule has 4 aromatic rings. The van der Waals surface area contributed by atoms with E-state index in [9.17, 15) is 4.79 Å². The van der Waals surface area contributed by atoms with E-state index in [0.717, 1.165) is 16.6 Å². The van der Waals surface area contributed by atoms with Crippen LogP contribution in [0.15, 0.2) is 40.2 Å². The molecular formula is C20H20N6O3S. The normalized spacial score (nSPS) is 14.5. The first-order valence-corrected chi connectivity index (χ1v) is 10.7. The van der Waals surface area contributed by atoms with Crippen molar-refractivity contribution in [3.63, 3.8) is 0 Å². The number of thiophene rings is 1. The highest BCUT2D eigenvalue weighted by molar-refractivity contribution is 7.09. The average molecular weight is 424 g/mol. The Hall–Kier alpha value is -3.11. The minimum atomic E-state index is 0.114. The number of amides is 1. The lowest BCUT2D eigenvalue weighted by Gasteiger charge is -2.26. The van der Waals surface area contributed by atoms with Crippen molar-refractivity contribution >= 4 is 28.3 Å². The van der Waals surface area contributed by atoms with E-state index in [0.29, 0.717) is 57.4 Å². The Morgan fingerprint density at radius 2 is 2.10 bits per heavy atom. The second-order valence-electron chi connectivity index (χ2n) is 7.03. The van der Waals surface area contributed by atoms with Crippen molar-refractivity contribution in [2.45, 2.75) is 19.4 Å². The molecule has 3 aromatic heterocycles. The summed E-state index contributed by atoms with van der Waals surface area (Å²) in [7, 11) is 0. The summed E-state index contributed by atoms with van der Waals surface area (Å²) in [4.78, 5) is 19.9. The van der Waals surface area contributed by atoms with E-state index < -0.39 is 0 Å². The number of aryl methyl sites for hydroxylation is 1. The maximum Gasteiger partial charge on any atom is 0.232 e. The number of carbonyl (C=O) groups excluding carboxylic acids is 1. The average Bonchev–Trinajstić information content (AvgIpc) is 3.54. The first-order chi connectivity index (χ1) is 14.8. The summed E-state index contributed by atoms with van der Waals surface area (Å²) in [5, 5.41) is 14.6. The van der Waals surface area contributed by atoms with Gasteiger partial charge in [0.25, 0.3) is 0 Å². The molecule has 0 bridgehead atoms. The number of hydrogen-bond acceptors (Lipinski definition) is 8. The van der Waals surface area contributed by atoms with Crippen LogP contribution in [-0.2, 0) is 22.5 Å². The Kier molecular flexibility index (Phi) is 5.24. The van der Waals surface area contributed by atoms with Crippen LogP contribution in [0.2, 0.25) is 0 Å². The van der Waals surface area contributed by atoms with Gasteiger partial charge in [0.1, 0.15) is 5.52 Å². The van der Waals surface area contributed by atoms with Gasteiger partial charge in [0.2, 0.25) is 17.6 Å². The third-order valence-electron chi connectivity index (χ3n) is 5.05. The molecule has 0 spiro atoms. The molecule has 0 unspecified atom stereocenters. The lowest BCUT2D eigenvalue weighted by Crippen LogP contribution is -2.41. The number of fused-ring (bicyclic) bond motifs is 1. The number of carbonyl (C=O) groups is 1. The Morgan fingerprint density at radius 1 is 1.20 bits per heavy atom. The molecule has 0 atom stereocenters. The van der Waals surface area contributed by atoms with E-state index in [-0.39, 0.29) is 5.91 Å². The molecule has 30 heavy (non-hydrogen) atoms. The van der Waals surface area contributed by atoms with Gasteiger partial charge in [-0.2, -0.15) is 4.98 Å². The zero-order chi connectivity index (χ0) is 20.3. The topological polar surface area (TPSA) is 99.2 Å². The molecule has 1 aliphatic heterocycles. The molecule has 1 aromatic carbocycles. The van der Waals surface area contributed by atoms with Crippen molar-refractivity contribution in [2.24, 2.45) is 0 Å². The summed E-state index contributed by atoms with van der Waals surface area (Å²) in [5.74, 6) is 1.22. The second kappa shape index (κ2) is 8.33. The molecule has 0 aliphatic carbocycles. The third kappa shape index (κ3) is 3.96. The highest BCUT2D eigenvalue weighted by atomic mass is 32.1. The minimum absolute atomic E-state index is 0.114. The molecule has 1 fully saturated rings. The molecule has 0 N–H and O–H groups in total. The van der Waals surface area contributed by atoms with Crippen LogP contribution < -0.4 is 0 Å². The zero-order valence-electron chi connectivity index (χ0n) is 16.2. The standard InChI is InChI=1S/C20H20N6O3S/c27-19(25-7-9-28-10-8-25)5-6-26-17-4-3-14(12-16(17)22-24-26)20-21-18(29-23-20)13-15-2-1-11-30-15/h1-4,11-12H,5-10,13H2. The maximum absolute atomic E-state index is 12.4. The van der Waals surface area contributed by atoms with E-state index in [2.05, 4.69) is 20.5 Å². The van der Waals surface area contributed by atoms with Crippen molar-refractivity contribution < 1.29 is 14.1 Å². The molecule has 4 heterocycles. The summed E-state index contributed by atoms with van der Waals surface area (Å²) in [5.41, 5.74) is 2.42. The highest BCUT2D eigenvalue weighted by Gasteiger charge is 2.18. The summed E-state index contributed by atoms with van der Waals surface area (Å²) < 4.78 is 12.4. The summed E-state index contributed by atoms with van der Waals surface area (Å²) in [6.07, 6.45) is 1.01.